The van der Waals surface area contributed by atoms with Crippen molar-refractivity contribution in [3.8, 4) is 17.0 Å². The van der Waals surface area contributed by atoms with Crippen LogP contribution in [0.4, 0.5) is 0 Å². The van der Waals surface area contributed by atoms with E-state index in [4.69, 9.17) is 9.47 Å². The molecule has 5 nitrogen and oxygen atoms in total. The van der Waals surface area contributed by atoms with E-state index in [0.717, 1.165) is 56.2 Å². The van der Waals surface area contributed by atoms with Gasteiger partial charge in [-0.3, -0.25) is 14.6 Å². The highest BCUT2D eigenvalue weighted by Gasteiger charge is 2.09. The number of allylic oxidation sites excluding steroid dienone is 1. The van der Waals surface area contributed by atoms with Gasteiger partial charge in [0, 0.05) is 18.4 Å². The lowest BCUT2D eigenvalue weighted by Crippen LogP contribution is -2.14. The summed E-state index contributed by atoms with van der Waals surface area (Å²) in [5, 5.41) is 0. The van der Waals surface area contributed by atoms with Gasteiger partial charge in [-0.2, -0.15) is 0 Å². The molecule has 0 bridgehead atoms. The molecule has 0 saturated heterocycles. The van der Waals surface area contributed by atoms with E-state index in [2.05, 4.69) is 23.7 Å². The van der Waals surface area contributed by atoms with Crippen LogP contribution in [0.3, 0.4) is 0 Å². The Kier molecular flexibility index (Phi) is 11.2. The van der Waals surface area contributed by atoms with E-state index in [1.54, 1.807) is 19.2 Å². The van der Waals surface area contributed by atoms with Crippen LogP contribution in [0.2, 0.25) is 0 Å². The molecule has 0 amide bonds. The molecule has 1 atom stereocenters. The van der Waals surface area contributed by atoms with Crippen molar-refractivity contribution >= 4 is 11.9 Å². The lowest BCUT2D eigenvalue weighted by molar-refractivity contribution is -0.148. The SMILES string of the molecule is C=CCCCCCCC(=O)Oc1ccc(-c2ccc(CCC(C)OC(=O)CC)cc2)nc1. The number of esters is 2. The van der Waals surface area contributed by atoms with Crippen LogP contribution >= 0.6 is 0 Å². The van der Waals surface area contributed by atoms with E-state index in [9.17, 15) is 9.59 Å². The van der Waals surface area contributed by atoms with Gasteiger partial charge in [0.05, 0.1) is 18.0 Å². The molecular formula is C27H35NO4. The molecule has 1 aromatic carbocycles. The number of hydrogen-bond donors (Lipinski definition) is 0. The maximum Gasteiger partial charge on any atom is 0.311 e. The molecule has 0 aliphatic carbocycles. The molecular weight excluding hydrogens is 402 g/mol. The molecule has 0 spiro atoms. The van der Waals surface area contributed by atoms with E-state index in [-0.39, 0.29) is 18.0 Å². The fourth-order valence-corrected chi connectivity index (χ4v) is 3.28. The first-order chi connectivity index (χ1) is 15.5. The van der Waals surface area contributed by atoms with Gasteiger partial charge in [0.1, 0.15) is 5.75 Å². The monoisotopic (exact) mass is 437 g/mol. The summed E-state index contributed by atoms with van der Waals surface area (Å²) < 4.78 is 10.7. The Balaban J connectivity index is 1.78. The fraction of sp³-hybridized carbons (Fsp3) is 0.444. The van der Waals surface area contributed by atoms with Crippen LogP contribution in [0, 0.1) is 0 Å². The number of unbranched alkanes of at least 4 members (excludes halogenated alkanes) is 4. The lowest BCUT2D eigenvalue weighted by atomic mass is 10.0. The van der Waals surface area contributed by atoms with Crippen LogP contribution in [0.25, 0.3) is 11.3 Å². The van der Waals surface area contributed by atoms with Gasteiger partial charge in [0.25, 0.3) is 0 Å². The van der Waals surface area contributed by atoms with Gasteiger partial charge < -0.3 is 9.47 Å². The zero-order valence-electron chi connectivity index (χ0n) is 19.3. The standard InChI is InChI=1S/C27H35NO4/c1-4-6-7-8-9-10-11-27(30)32-24-18-19-25(28-20-24)23-16-14-22(15-17-23)13-12-21(3)31-26(29)5-2/h4,14-21H,1,5-13H2,2-3H3. The molecule has 5 heteroatoms. The van der Waals surface area contributed by atoms with E-state index in [1.807, 2.05) is 31.2 Å². The zero-order valence-corrected chi connectivity index (χ0v) is 19.3. The Bertz CT molecular complexity index is 843. The van der Waals surface area contributed by atoms with Crippen LogP contribution in [0.15, 0.2) is 55.3 Å². The van der Waals surface area contributed by atoms with Gasteiger partial charge in [-0.05, 0) is 56.7 Å². The minimum Gasteiger partial charge on any atom is -0.463 e. The van der Waals surface area contributed by atoms with Crippen molar-refractivity contribution in [2.24, 2.45) is 0 Å². The fourth-order valence-electron chi connectivity index (χ4n) is 3.28. The normalized spacial score (nSPS) is 11.6. The number of rotatable bonds is 14. The molecule has 2 rings (SSSR count). The van der Waals surface area contributed by atoms with Crippen LogP contribution in [-0.4, -0.2) is 23.0 Å². The molecule has 1 unspecified atom stereocenters. The third-order valence-corrected chi connectivity index (χ3v) is 5.22. The average molecular weight is 438 g/mol. The second kappa shape index (κ2) is 14.2. The Morgan fingerprint density at radius 2 is 1.78 bits per heavy atom. The van der Waals surface area contributed by atoms with Crippen molar-refractivity contribution in [3.63, 3.8) is 0 Å². The Hall–Kier alpha value is -2.95. The summed E-state index contributed by atoms with van der Waals surface area (Å²) in [6.07, 6.45) is 11.0. The second-order valence-corrected chi connectivity index (χ2v) is 7.98. The van der Waals surface area contributed by atoms with Crippen molar-refractivity contribution in [3.05, 3.63) is 60.8 Å². The van der Waals surface area contributed by atoms with E-state index in [0.29, 0.717) is 18.6 Å². The lowest BCUT2D eigenvalue weighted by Gasteiger charge is -2.12. The third kappa shape index (κ3) is 9.46. The topological polar surface area (TPSA) is 65.5 Å². The number of hydrogen-bond acceptors (Lipinski definition) is 5. The molecule has 0 fully saturated rings. The number of nitrogens with zero attached hydrogens (tertiary/aromatic N) is 1. The summed E-state index contributed by atoms with van der Waals surface area (Å²) in [5.41, 5.74) is 3.00. The van der Waals surface area contributed by atoms with Crippen molar-refractivity contribution in [1.29, 1.82) is 0 Å². The van der Waals surface area contributed by atoms with Gasteiger partial charge in [-0.1, -0.05) is 50.1 Å². The minimum atomic E-state index is -0.216. The summed E-state index contributed by atoms with van der Waals surface area (Å²) in [5.74, 6) is 0.0939. The molecule has 0 radical (unpaired) electrons. The van der Waals surface area contributed by atoms with Crippen LogP contribution in [0.1, 0.15) is 70.8 Å². The first-order valence-corrected chi connectivity index (χ1v) is 11.6. The predicted molar refractivity (Wildman–Crippen MR) is 127 cm³/mol. The number of pyridine rings is 1. The average Bonchev–Trinajstić information content (AvgIpc) is 2.81. The summed E-state index contributed by atoms with van der Waals surface area (Å²) in [6.45, 7) is 7.43. The number of aryl methyl sites for hydroxylation is 1. The largest absolute Gasteiger partial charge is 0.463 e. The van der Waals surface area contributed by atoms with Gasteiger partial charge in [-0.15, -0.1) is 6.58 Å². The highest BCUT2D eigenvalue weighted by molar-refractivity contribution is 5.72. The molecule has 0 saturated carbocycles. The van der Waals surface area contributed by atoms with Crippen molar-refractivity contribution < 1.29 is 19.1 Å². The van der Waals surface area contributed by atoms with E-state index >= 15 is 0 Å². The summed E-state index contributed by atoms with van der Waals surface area (Å²) in [4.78, 5) is 27.8. The minimum absolute atomic E-state index is 0.0868. The van der Waals surface area contributed by atoms with Gasteiger partial charge in [-0.25, -0.2) is 0 Å². The van der Waals surface area contributed by atoms with Crippen molar-refractivity contribution in [2.75, 3.05) is 0 Å². The zero-order chi connectivity index (χ0) is 23.2. The van der Waals surface area contributed by atoms with Crippen molar-refractivity contribution in [1.82, 2.24) is 4.98 Å². The summed E-state index contributed by atoms with van der Waals surface area (Å²) in [7, 11) is 0. The molecule has 0 aliphatic rings. The Morgan fingerprint density at radius 1 is 1.03 bits per heavy atom. The highest BCUT2D eigenvalue weighted by atomic mass is 16.5. The molecule has 2 aromatic rings. The summed E-state index contributed by atoms with van der Waals surface area (Å²) in [6, 6.07) is 11.8. The maximum atomic E-state index is 12.0. The van der Waals surface area contributed by atoms with Gasteiger partial charge in [0.15, 0.2) is 0 Å². The van der Waals surface area contributed by atoms with E-state index < -0.39 is 0 Å². The number of aromatic nitrogens is 1. The molecule has 0 N–H and O–H groups in total. The molecule has 1 heterocycles. The van der Waals surface area contributed by atoms with Crippen LogP contribution in [0.5, 0.6) is 5.75 Å². The molecule has 1 aromatic heterocycles. The van der Waals surface area contributed by atoms with Crippen molar-refractivity contribution in [2.45, 2.75) is 77.7 Å². The number of benzene rings is 1. The quantitative estimate of drug-likeness (QED) is 0.193. The smallest absolute Gasteiger partial charge is 0.311 e. The first kappa shape index (κ1) is 25.3. The number of carbonyl (C=O) groups is 2. The van der Waals surface area contributed by atoms with Crippen LogP contribution < -0.4 is 4.74 Å². The van der Waals surface area contributed by atoms with Gasteiger partial charge in [0.2, 0.25) is 0 Å². The third-order valence-electron chi connectivity index (χ3n) is 5.22. The Morgan fingerprint density at radius 3 is 2.44 bits per heavy atom. The molecule has 0 aliphatic heterocycles. The second-order valence-electron chi connectivity index (χ2n) is 7.98. The van der Waals surface area contributed by atoms with Crippen LogP contribution in [-0.2, 0) is 20.7 Å². The number of carbonyl (C=O) groups excluding carboxylic acids is 2. The Labute approximate surface area is 191 Å². The molecule has 32 heavy (non-hydrogen) atoms. The maximum absolute atomic E-state index is 12.0. The van der Waals surface area contributed by atoms with E-state index in [1.165, 1.54) is 5.56 Å². The first-order valence-electron chi connectivity index (χ1n) is 11.6. The highest BCUT2D eigenvalue weighted by Crippen LogP contribution is 2.21. The predicted octanol–water partition coefficient (Wildman–Crippen LogP) is 6.45. The van der Waals surface area contributed by atoms with Gasteiger partial charge >= 0.3 is 11.9 Å². The molecule has 172 valence electrons. The number of ether oxygens (including phenoxy) is 2. The summed E-state index contributed by atoms with van der Waals surface area (Å²) >= 11 is 0.